The molecule has 3 heterocycles. The minimum Gasteiger partial charge on any atom is -0.496 e. The lowest BCUT2D eigenvalue weighted by atomic mass is 10.1. The number of nitrogens with zero attached hydrogens (tertiary/aromatic N) is 2. The van der Waals surface area contributed by atoms with Crippen molar-refractivity contribution in [1.82, 2.24) is 15.3 Å². The zero-order valence-corrected chi connectivity index (χ0v) is 18.5. The van der Waals surface area contributed by atoms with Crippen molar-refractivity contribution in [3.63, 3.8) is 0 Å². The second kappa shape index (κ2) is 10.0. The Kier molecular flexibility index (Phi) is 6.96. The highest BCUT2D eigenvalue weighted by Crippen LogP contribution is 2.33. The fourth-order valence-corrected chi connectivity index (χ4v) is 4.65. The van der Waals surface area contributed by atoms with E-state index in [1.807, 2.05) is 25.1 Å². The third-order valence-electron chi connectivity index (χ3n) is 5.19. The summed E-state index contributed by atoms with van der Waals surface area (Å²) in [7, 11) is 1.68. The van der Waals surface area contributed by atoms with E-state index < -0.39 is 0 Å². The monoisotopic (exact) mass is 442 g/mol. The molecule has 1 aromatic carbocycles. The summed E-state index contributed by atoms with van der Waals surface area (Å²) in [6, 6.07) is 7.96. The van der Waals surface area contributed by atoms with Crippen LogP contribution < -0.4 is 15.4 Å². The number of anilines is 1. The van der Waals surface area contributed by atoms with E-state index >= 15 is 0 Å². The van der Waals surface area contributed by atoms with Gasteiger partial charge in [-0.1, -0.05) is 18.2 Å². The molecule has 1 atom stereocenters. The Morgan fingerprint density at radius 1 is 1.29 bits per heavy atom. The molecule has 164 valence electrons. The summed E-state index contributed by atoms with van der Waals surface area (Å²) < 4.78 is 16.4. The molecule has 1 saturated heterocycles. The molecule has 2 N–H and O–H groups in total. The number of ether oxygens (including phenoxy) is 3. The van der Waals surface area contributed by atoms with Gasteiger partial charge in [-0.15, -0.1) is 11.3 Å². The van der Waals surface area contributed by atoms with Gasteiger partial charge in [-0.05, 0) is 30.5 Å². The third kappa shape index (κ3) is 4.95. The summed E-state index contributed by atoms with van der Waals surface area (Å²) in [6.07, 6.45) is 2.20. The van der Waals surface area contributed by atoms with E-state index in [1.165, 1.54) is 17.7 Å². The van der Waals surface area contributed by atoms with Gasteiger partial charge in [-0.25, -0.2) is 9.97 Å². The lowest BCUT2D eigenvalue weighted by molar-refractivity contribution is -0.0855. The Morgan fingerprint density at radius 2 is 2.16 bits per heavy atom. The number of rotatable bonds is 8. The summed E-state index contributed by atoms with van der Waals surface area (Å²) >= 11 is 1.37. The lowest BCUT2D eigenvalue weighted by Gasteiger charge is -2.22. The first kappa shape index (κ1) is 21.5. The molecule has 2 aromatic heterocycles. The summed E-state index contributed by atoms with van der Waals surface area (Å²) in [5.74, 6) is 1.47. The molecule has 0 spiro atoms. The molecule has 0 radical (unpaired) electrons. The van der Waals surface area contributed by atoms with Crippen molar-refractivity contribution in [2.24, 2.45) is 0 Å². The van der Waals surface area contributed by atoms with E-state index in [1.54, 1.807) is 7.11 Å². The molecule has 1 aliphatic rings. The van der Waals surface area contributed by atoms with Gasteiger partial charge in [0, 0.05) is 13.1 Å². The number of benzene rings is 1. The van der Waals surface area contributed by atoms with Crippen molar-refractivity contribution < 1.29 is 19.0 Å². The molecule has 1 aliphatic heterocycles. The molecule has 4 rings (SSSR count). The SMILES string of the molecule is COc1ccccc1CCNc1ncnc2sc(C(=O)NCC3COCCO3)c(C)c12. The van der Waals surface area contributed by atoms with Crippen molar-refractivity contribution in [3.8, 4) is 5.75 Å². The van der Waals surface area contributed by atoms with Crippen LogP contribution in [0.1, 0.15) is 20.8 Å². The quantitative estimate of drug-likeness (QED) is 0.554. The van der Waals surface area contributed by atoms with Crippen LogP contribution >= 0.6 is 11.3 Å². The first-order chi connectivity index (χ1) is 15.2. The van der Waals surface area contributed by atoms with E-state index in [2.05, 4.69) is 26.7 Å². The number of fused-ring (bicyclic) bond motifs is 1. The zero-order valence-electron chi connectivity index (χ0n) is 17.6. The molecular formula is C22H26N4O4S. The van der Waals surface area contributed by atoms with Gasteiger partial charge < -0.3 is 24.8 Å². The van der Waals surface area contributed by atoms with Crippen molar-refractivity contribution in [3.05, 3.63) is 46.6 Å². The number of aryl methyl sites for hydroxylation is 1. The van der Waals surface area contributed by atoms with E-state index in [9.17, 15) is 4.79 Å². The molecular weight excluding hydrogens is 416 g/mol. The van der Waals surface area contributed by atoms with E-state index in [4.69, 9.17) is 14.2 Å². The largest absolute Gasteiger partial charge is 0.496 e. The molecule has 1 unspecified atom stereocenters. The predicted octanol–water partition coefficient (Wildman–Crippen LogP) is 2.81. The van der Waals surface area contributed by atoms with Gasteiger partial charge in [-0.3, -0.25) is 4.79 Å². The summed E-state index contributed by atoms with van der Waals surface area (Å²) in [5.41, 5.74) is 2.00. The van der Waals surface area contributed by atoms with Crippen LogP contribution in [0.2, 0.25) is 0 Å². The highest BCUT2D eigenvalue weighted by atomic mass is 32.1. The second-order valence-corrected chi connectivity index (χ2v) is 8.22. The summed E-state index contributed by atoms with van der Waals surface area (Å²) in [6.45, 7) is 4.69. The number of thiophene rings is 1. The van der Waals surface area contributed by atoms with Crippen LogP contribution in [0.15, 0.2) is 30.6 Å². The Bertz CT molecular complexity index is 1050. The minimum absolute atomic E-state index is 0.112. The van der Waals surface area contributed by atoms with Gasteiger partial charge in [0.25, 0.3) is 5.91 Å². The number of nitrogens with one attached hydrogen (secondary N) is 2. The van der Waals surface area contributed by atoms with Gasteiger partial charge in [-0.2, -0.15) is 0 Å². The van der Waals surface area contributed by atoms with Crippen LogP contribution in [0.4, 0.5) is 5.82 Å². The molecule has 8 nitrogen and oxygen atoms in total. The summed E-state index contributed by atoms with van der Waals surface area (Å²) in [4.78, 5) is 23.0. The average molecular weight is 443 g/mol. The lowest BCUT2D eigenvalue weighted by Crippen LogP contribution is -2.39. The van der Waals surface area contributed by atoms with Crippen LogP contribution in [0, 0.1) is 6.92 Å². The number of carbonyl (C=O) groups excluding carboxylic acids is 1. The number of hydrogen-bond donors (Lipinski definition) is 2. The maximum Gasteiger partial charge on any atom is 0.261 e. The van der Waals surface area contributed by atoms with Gasteiger partial charge in [0.2, 0.25) is 0 Å². The topological polar surface area (TPSA) is 94.6 Å². The highest BCUT2D eigenvalue weighted by Gasteiger charge is 2.21. The van der Waals surface area contributed by atoms with Crippen LogP contribution in [0.3, 0.4) is 0 Å². The average Bonchev–Trinajstić information content (AvgIpc) is 3.16. The minimum atomic E-state index is -0.130. The molecule has 0 saturated carbocycles. The van der Waals surface area contributed by atoms with Gasteiger partial charge >= 0.3 is 0 Å². The first-order valence-electron chi connectivity index (χ1n) is 10.2. The molecule has 1 amide bonds. The molecule has 0 aliphatic carbocycles. The number of aromatic nitrogens is 2. The van der Waals surface area contributed by atoms with Crippen molar-refractivity contribution in [1.29, 1.82) is 0 Å². The summed E-state index contributed by atoms with van der Waals surface area (Å²) in [5, 5.41) is 7.23. The predicted molar refractivity (Wildman–Crippen MR) is 120 cm³/mol. The number of para-hydroxylation sites is 1. The van der Waals surface area contributed by atoms with Crippen molar-refractivity contribution >= 4 is 33.3 Å². The van der Waals surface area contributed by atoms with Gasteiger partial charge in [0.05, 0.1) is 43.3 Å². The zero-order chi connectivity index (χ0) is 21.6. The van der Waals surface area contributed by atoms with Crippen LogP contribution in [-0.4, -0.2) is 62.0 Å². The van der Waals surface area contributed by atoms with E-state index in [0.29, 0.717) is 37.8 Å². The Labute approximate surface area is 184 Å². The normalized spacial score (nSPS) is 16.3. The second-order valence-electron chi connectivity index (χ2n) is 7.22. The number of amides is 1. The molecule has 0 bridgehead atoms. The third-order valence-corrected chi connectivity index (χ3v) is 6.39. The molecule has 3 aromatic rings. The van der Waals surface area contributed by atoms with Gasteiger partial charge in [0.1, 0.15) is 22.7 Å². The molecule has 1 fully saturated rings. The van der Waals surface area contributed by atoms with Crippen molar-refractivity contribution in [2.45, 2.75) is 19.4 Å². The Morgan fingerprint density at radius 3 is 2.97 bits per heavy atom. The number of methoxy groups -OCH3 is 1. The van der Waals surface area contributed by atoms with Crippen LogP contribution in [-0.2, 0) is 15.9 Å². The molecule has 31 heavy (non-hydrogen) atoms. The smallest absolute Gasteiger partial charge is 0.261 e. The van der Waals surface area contributed by atoms with E-state index in [-0.39, 0.29) is 12.0 Å². The fourth-order valence-electron chi connectivity index (χ4n) is 3.59. The Balaban J connectivity index is 1.45. The van der Waals surface area contributed by atoms with E-state index in [0.717, 1.165) is 39.3 Å². The van der Waals surface area contributed by atoms with Gasteiger partial charge in [0.15, 0.2) is 0 Å². The Hall–Kier alpha value is -2.75. The maximum atomic E-state index is 12.8. The number of carbonyl (C=O) groups is 1. The van der Waals surface area contributed by atoms with Crippen LogP contribution in [0.5, 0.6) is 5.75 Å². The molecule has 9 heteroatoms. The fraction of sp³-hybridized carbons (Fsp3) is 0.409. The van der Waals surface area contributed by atoms with Crippen molar-refractivity contribution in [2.75, 3.05) is 45.3 Å². The standard InChI is InChI=1S/C22H26N4O4S/c1-14-18-20(23-8-7-15-5-3-4-6-17(15)28-2)25-13-26-22(18)31-19(14)21(27)24-11-16-12-29-9-10-30-16/h3-6,13,16H,7-12H2,1-2H3,(H,24,27)(H,23,25,26). The number of hydrogen-bond acceptors (Lipinski definition) is 8. The maximum absolute atomic E-state index is 12.8. The van der Waals surface area contributed by atoms with Crippen LogP contribution in [0.25, 0.3) is 10.2 Å². The first-order valence-corrected chi connectivity index (χ1v) is 11.1. The highest BCUT2D eigenvalue weighted by molar-refractivity contribution is 7.20.